The number of nitrogens with zero attached hydrogens (tertiary/aromatic N) is 4. The van der Waals surface area contributed by atoms with E-state index in [1.807, 2.05) is 49.4 Å². The summed E-state index contributed by atoms with van der Waals surface area (Å²) < 4.78 is 1.65. The van der Waals surface area contributed by atoms with Gasteiger partial charge in [-0.05, 0) is 36.2 Å². The van der Waals surface area contributed by atoms with E-state index in [1.165, 1.54) is 0 Å². The molecular weight excluding hydrogens is 366 g/mol. The molecule has 0 spiro atoms. The van der Waals surface area contributed by atoms with Gasteiger partial charge in [0.25, 0.3) is 0 Å². The number of carbonyl (C=O) groups excluding carboxylic acids is 1. The zero-order chi connectivity index (χ0) is 20.4. The van der Waals surface area contributed by atoms with Gasteiger partial charge < -0.3 is 16.8 Å². The van der Waals surface area contributed by atoms with Crippen molar-refractivity contribution in [3.63, 3.8) is 0 Å². The van der Waals surface area contributed by atoms with Crippen LogP contribution in [0.2, 0.25) is 0 Å². The molecule has 0 radical (unpaired) electrons. The van der Waals surface area contributed by atoms with E-state index in [4.69, 9.17) is 11.5 Å². The number of nitrogens with two attached hydrogens (primary N) is 2. The Balaban J connectivity index is 1.69. The second-order valence-electron chi connectivity index (χ2n) is 6.47. The number of hydrogen-bond donors (Lipinski definition) is 3. The molecule has 144 valence electrons. The molecule has 2 aromatic heterocycles. The largest absolute Gasteiger partial charge is 0.368 e. The molecule has 1 amide bonds. The summed E-state index contributed by atoms with van der Waals surface area (Å²) in [4.78, 5) is 20.1. The van der Waals surface area contributed by atoms with E-state index in [2.05, 4.69) is 20.4 Å². The van der Waals surface area contributed by atoms with Gasteiger partial charge in [-0.1, -0.05) is 30.3 Å². The number of amides is 1. The van der Waals surface area contributed by atoms with Crippen LogP contribution in [0.1, 0.15) is 16.1 Å². The molecule has 2 heterocycles. The smallest absolute Gasteiger partial charge is 0.249 e. The molecule has 0 bridgehead atoms. The molecule has 0 saturated carbocycles. The van der Waals surface area contributed by atoms with Gasteiger partial charge in [0.05, 0.1) is 6.20 Å². The number of carbonyl (C=O) groups is 1. The van der Waals surface area contributed by atoms with Crippen LogP contribution in [0.4, 0.5) is 17.5 Å². The lowest BCUT2D eigenvalue weighted by Crippen LogP contribution is -2.12. The van der Waals surface area contributed by atoms with Crippen molar-refractivity contribution in [1.82, 2.24) is 19.7 Å². The minimum absolute atomic E-state index is 0.187. The van der Waals surface area contributed by atoms with Crippen LogP contribution < -0.4 is 16.8 Å². The molecule has 4 aromatic rings. The number of anilines is 3. The zero-order valence-corrected chi connectivity index (χ0v) is 15.7. The number of hydrogen-bond acceptors (Lipinski definition) is 6. The molecule has 5 N–H and O–H groups in total. The van der Waals surface area contributed by atoms with Crippen LogP contribution in [0.3, 0.4) is 0 Å². The molecule has 0 aliphatic heterocycles. The second kappa shape index (κ2) is 7.43. The molecule has 0 fully saturated rings. The quantitative estimate of drug-likeness (QED) is 0.485. The average molecular weight is 385 g/mol. The summed E-state index contributed by atoms with van der Waals surface area (Å²) in [5, 5.41) is 7.66. The molecule has 8 heteroatoms. The minimum atomic E-state index is -0.464. The Kier molecular flexibility index (Phi) is 4.66. The van der Waals surface area contributed by atoms with Crippen LogP contribution in [0.25, 0.3) is 16.9 Å². The third-order valence-electron chi connectivity index (χ3n) is 4.36. The number of benzene rings is 2. The second-order valence-corrected chi connectivity index (χ2v) is 6.47. The number of aromatic nitrogens is 4. The van der Waals surface area contributed by atoms with E-state index >= 15 is 0 Å². The molecule has 0 aliphatic carbocycles. The predicted molar refractivity (Wildman–Crippen MR) is 112 cm³/mol. The van der Waals surface area contributed by atoms with Gasteiger partial charge >= 0.3 is 0 Å². The first-order valence-corrected chi connectivity index (χ1v) is 8.93. The van der Waals surface area contributed by atoms with Crippen molar-refractivity contribution >= 4 is 23.4 Å². The van der Waals surface area contributed by atoms with E-state index in [-0.39, 0.29) is 5.95 Å². The van der Waals surface area contributed by atoms with E-state index in [0.717, 1.165) is 22.5 Å². The fraction of sp³-hybridized carbons (Fsp3) is 0.0476. The van der Waals surface area contributed by atoms with Gasteiger partial charge in [0.15, 0.2) is 5.82 Å². The van der Waals surface area contributed by atoms with Crippen molar-refractivity contribution in [3.05, 3.63) is 78.1 Å². The Morgan fingerprint density at radius 2 is 1.86 bits per heavy atom. The molecule has 2 aromatic carbocycles. The third kappa shape index (κ3) is 3.77. The molecule has 8 nitrogen and oxygen atoms in total. The molecule has 29 heavy (non-hydrogen) atoms. The van der Waals surface area contributed by atoms with E-state index in [9.17, 15) is 4.79 Å². The van der Waals surface area contributed by atoms with Gasteiger partial charge in [-0.2, -0.15) is 14.8 Å². The Morgan fingerprint density at radius 1 is 1.03 bits per heavy atom. The van der Waals surface area contributed by atoms with Crippen LogP contribution in [-0.4, -0.2) is 25.7 Å². The first-order chi connectivity index (χ1) is 14.0. The van der Waals surface area contributed by atoms with Crippen LogP contribution in [-0.2, 0) is 0 Å². The maximum Gasteiger partial charge on any atom is 0.249 e. The maximum absolute atomic E-state index is 11.8. The lowest BCUT2D eigenvalue weighted by atomic mass is 9.99. The number of aryl methyl sites for hydroxylation is 1. The highest BCUT2D eigenvalue weighted by molar-refractivity contribution is 6.00. The highest BCUT2D eigenvalue weighted by Gasteiger charge is 2.11. The van der Waals surface area contributed by atoms with Crippen molar-refractivity contribution < 1.29 is 4.79 Å². The summed E-state index contributed by atoms with van der Waals surface area (Å²) in [6, 6.07) is 18.6. The number of rotatable bonds is 5. The molecular formula is C21H19N7O. The number of primary amides is 1. The Morgan fingerprint density at radius 3 is 2.66 bits per heavy atom. The standard InChI is InChI=1S/C21H19N7O/c1-13-11-19(27-21(23)25-13)28-18(9-10-24-28)26-15-6-4-5-14(12-15)16-7-2-3-8-17(16)20(22)29/h2-12,26H,1H3,(H2,22,29)(H2,23,25,27). The number of nitrogen functional groups attached to an aromatic ring is 1. The van der Waals surface area contributed by atoms with Gasteiger partial charge in [0.1, 0.15) is 5.82 Å². The SMILES string of the molecule is Cc1cc(-n2nccc2Nc2cccc(-c3ccccc3C(N)=O)c2)nc(N)n1. The average Bonchev–Trinajstić information content (AvgIpc) is 3.15. The molecule has 4 rings (SSSR count). The van der Waals surface area contributed by atoms with Crippen molar-refractivity contribution in [2.75, 3.05) is 11.1 Å². The summed E-state index contributed by atoms with van der Waals surface area (Å²) in [6.07, 6.45) is 1.67. The molecule has 0 unspecified atom stereocenters. The highest BCUT2D eigenvalue weighted by Crippen LogP contribution is 2.28. The fourth-order valence-corrected chi connectivity index (χ4v) is 3.13. The lowest BCUT2D eigenvalue weighted by Gasteiger charge is -2.12. The van der Waals surface area contributed by atoms with Crippen molar-refractivity contribution in [2.24, 2.45) is 5.73 Å². The maximum atomic E-state index is 11.8. The van der Waals surface area contributed by atoms with Crippen LogP contribution >= 0.6 is 0 Å². The summed E-state index contributed by atoms with van der Waals surface area (Å²) >= 11 is 0. The van der Waals surface area contributed by atoms with E-state index in [1.54, 1.807) is 29.1 Å². The zero-order valence-electron chi connectivity index (χ0n) is 15.7. The normalized spacial score (nSPS) is 10.7. The van der Waals surface area contributed by atoms with E-state index < -0.39 is 5.91 Å². The topological polar surface area (TPSA) is 125 Å². The van der Waals surface area contributed by atoms with Gasteiger partial charge in [0, 0.05) is 29.1 Å². The molecule has 0 aliphatic rings. The van der Waals surface area contributed by atoms with Crippen LogP contribution in [0.5, 0.6) is 0 Å². The van der Waals surface area contributed by atoms with E-state index in [0.29, 0.717) is 17.2 Å². The van der Waals surface area contributed by atoms with Gasteiger partial charge in [0.2, 0.25) is 11.9 Å². The minimum Gasteiger partial charge on any atom is -0.368 e. The number of nitrogens with one attached hydrogen (secondary N) is 1. The van der Waals surface area contributed by atoms with Crippen molar-refractivity contribution in [3.8, 4) is 16.9 Å². The lowest BCUT2D eigenvalue weighted by molar-refractivity contribution is 0.100. The monoisotopic (exact) mass is 385 g/mol. The highest BCUT2D eigenvalue weighted by atomic mass is 16.1. The summed E-state index contributed by atoms with van der Waals surface area (Å²) in [5.74, 6) is 1.00. The first kappa shape index (κ1) is 18.2. The van der Waals surface area contributed by atoms with Gasteiger partial charge in [-0.25, -0.2) is 4.98 Å². The van der Waals surface area contributed by atoms with Crippen LogP contribution in [0, 0.1) is 6.92 Å². The van der Waals surface area contributed by atoms with Crippen molar-refractivity contribution in [1.29, 1.82) is 0 Å². The fourth-order valence-electron chi connectivity index (χ4n) is 3.13. The summed E-state index contributed by atoms with van der Waals surface area (Å²) in [5.41, 5.74) is 15.0. The predicted octanol–water partition coefficient (Wildman–Crippen LogP) is 3.06. The Labute approximate surface area is 167 Å². The molecule has 0 saturated heterocycles. The Hall–Kier alpha value is -4.20. The summed E-state index contributed by atoms with van der Waals surface area (Å²) in [7, 11) is 0. The van der Waals surface area contributed by atoms with Crippen molar-refractivity contribution in [2.45, 2.75) is 6.92 Å². The third-order valence-corrected chi connectivity index (χ3v) is 4.36. The Bertz CT molecular complexity index is 1180. The van der Waals surface area contributed by atoms with Crippen LogP contribution in [0.15, 0.2) is 66.9 Å². The van der Waals surface area contributed by atoms with Gasteiger partial charge in [-0.15, -0.1) is 0 Å². The first-order valence-electron chi connectivity index (χ1n) is 8.93. The summed E-state index contributed by atoms with van der Waals surface area (Å²) in [6.45, 7) is 1.85. The van der Waals surface area contributed by atoms with Gasteiger partial charge in [-0.3, -0.25) is 4.79 Å². The molecule has 0 atom stereocenters.